The van der Waals surface area contributed by atoms with Crippen molar-refractivity contribution in [3.63, 3.8) is 0 Å². The van der Waals surface area contributed by atoms with Crippen molar-refractivity contribution in [2.24, 2.45) is 5.92 Å². The molecule has 1 atom stereocenters. The number of carbonyl (C=O) groups excluding carboxylic acids is 2. The Kier molecular flexibility index (Phi) is 8.71. The van der Waals surface area contributed by atoms with E-state index in [2.05, 4.69) is 10.6 Å². The molecule has 0 aliphatic carbocycles. The number of hydrogen-bond acceptors (Lipinski definition) is 4. The molecule has 162 valence electrons. The highest BCUT2D eigenvalue weighted by atomic mass is 16.5. The maximum atomic E-state index is 12.8. The number of rotatable bonds is 10. The SMILES string of the molecule is CCCOc1ccc(CNC(=O)C(NC(=O)c2ccc(C)cc2)C(C)C)cc1OC. The third-order valence-corrected chi connectivity index (χ3v) is 4.71. The van der Waals surface area contributed by atoms with Crippen molar-refractivity contribution in [1.82, 2.24) is 10.6 Å². The molecule has 0 saturated carbocycles. The number of amides is 2. The second kappa shape index (κ2) is 11.2. The Balaban J connectivity index is 2.01. The molecule has 0 spiro atoms. The van der Waals surface area contributed by atoms with Crippen LogP contribution in [0.25, 0.3) is 0 Å². The molecule has 2 rings (SSSR count). The van der Waals surface area contributed by atoms with Crippen molar-refractivity contribution in [3.8, 4) is 11.5 Å². The topological polar surface area (TPSA) is 76.7 Å². The Labute approximate surface area is 179 Å². The van der Waals surface area contributed by atoms with E-state index in [0.29, 0.717) is 30.2 Å². The van der Waals surface area contributed by atoms with E-state index in [9.17, 15) is 9.59 Å². The molecule has 2 N–H and O–H groups in total. The molecule has 0 saturated heterocycles. The number of benzene rings is 2. The largest absolute Gasteiger partial charge is 0.493 e. The second-order valence-electron chi connectivity index (χ2n) is 7.61. The maximum Gasteiger partial charge on any atom is 0.251 e. The minimum Gasteiger partial charge on any atom is -0.493 e. The highest BCUT2D eigenvalue weighted by Gasteiger charge is 2.24. The van der Waals surface area contributed by atoms with Gasteiger partial charge in [0.2, 0.25) is 5.91 Å². The average Bonchev–Trinajstić information content (AvgIpc) is 2.74. The van der Waals surface area contributed by atoms with Crippen molar-refractivity contribution < 1.29 is 19.1 Å². The van der Waals surface area contributed by atoms with Crippen LogP contribution in [0.15, 0.2) is 42.5 Å². The summed E-state index contributed by atoms with van der Waals surface area (Å²) >= 11 is 0. The van der Waals surface area contributed by atoms with Gasteiger partial charge in [0.1, 0.15) is 6.04 Å². The van der Waals surface area contributed by atoms with Crippen molar-refractivity contribution in [3.05, 3.63) is 59.2 Å². The number of hydrogen-bond donors (Lipinski definition) is 2. The van der Waals surface area contributed by atoms with Crippen LogP contribution in [-0.4, -0.2) is 31.6 Å². The standard InChI is InChI=1S/C24H32N2O4/c1-6-13-30-20-12-9-18(14-21(20)29-5)15-25-24(28)22(16(2)3)26-23(27)19-10-7-17(4)8-11-19/h7-12,14,16,22H,6,13,15H2,1-5H3,(H,25,28)(H,26,27). The third-order valence-electron chi connectivity index (χ3n) is 4.71. The minimum atomic E-state index is -0.632. The molecule has 2 amide bonds. The van der Waals surface area contributed by atoms with Crippen molar-refractivity contribution in [1.29, 1.82) is 0 Å². The third kappa shape index (κ3) is 6.51. The molecule has 2 aromatic carbocycles. The Morgan fingerprint density at radius 3 is 2.33 bits per heavy atom. The summed E-state index contributed by atoms with van der Waals surface area (Å²) in [4.78, 5) is 25.3. The summed E-state index contributed by atoms with van der Waals surface area (Å²) in [7, 11) is 1.59. The van der Waals surface area contributed by atoms with Crippen LogP contribution in [0.5, 0.6) is 11.5 Å². The summed E-state index contributed by atoms with van der Waals surface area (Å²) in [5.41, 5.74) is 2.49. The Hall–Kier alpha value is -3.02. The van der Waals surface area contributed by atoms with Gasteiger partial charge in [-0.15, -0.1) is 0 Å². The lowest BCUT2D eigenvalue weighted by molar-refractivity contribution is -0.124. The minimum absolute atomic E-state index is 0.0567. The summed E-state index contributed by atoms with van der Waals surface area (Å²) in [6, 6.07) is 12.2. The molecule has 0 bridgehead atoms. The maximum absolute atomic E-state index is 12.8. The fourth-order valence-corrected chi connectivity index (χ4v) is 2.92. The van der Waals surface area contributed by atoms with E-state index in [1.54, 1.807) is 19.2 Å². The fraction of sp³-hybridized carbons (Fsp3) is 0.417. The molecule has 2 aromatic rings. The number of ether oxygens (including phenoxy) is 2. The summed E-state index contributed by atoms with van der Waals surface area (Å²) in [6.07, 6.45) is 0.909. The van der Waals surface area contributed by atoms with Crippen LogP contribution in [0.3, 0.4) is 0 Å². The van der Waals surface area contributed by atoms with E-state index in [-0.39, 0.29) is 17.7 Å². The van der Waals surface area contributed by atoms with Crippen molar-refractivity contribution in [2.75, 3.05) is 13.7 Å². The van der Waals surface area contributed by atoms with Gasteiger partial charge in [-0.05, 0) is 49.1 Å². The zero-order chi connectivity index (χ0) is 22.1. The van der Waals surface area contributed by atoms with E-state index in [1.807, 2.05) is 58.0 Å². The van der Waals surface area contributed by atoms with Crippen LogP contribution >= 0.6 is 0 Å². The molecule has 0 aromatic heterocycles. The molecular weight excluding hydrogens is 380 g/mol. The average molecular weight is 413 g/mol. The van der Waals surface area contributed by atoms with E-state index in [1.165, 1.54) is 0 Å². The number of aryl methyl sites for hydroxylation is 1. The lowest BCUT2D eigenvalue weighted by Gasteiger charge is -2.22. The van der Waals surface area contributed by atoms with E-state index >= 15 is 0 Å². The van der Waals surface area contributed by atoms with E-state index < -0.39 is 6.04 Å². The lowest BCUT2D eigenvalue weighted by Crippen LogP contribution is -2.49. The van der Waals surface area contributed by atoms with Crippen LogP contribution in [0.4, 0.5) is 0 Å². The van der Waals surface area contributed by atoms with Gasteiger partial charge in [0, 0.05) is 12.1 Å². The molecular formula is C24H32N2O4. The normalized spacial score (nSPS) is 11.7. The molecule has 0 heterocycles. The van der Waals surface area contributed by atoms with Crippen LogP contribution in [0.2, 0.25) is 0 Å². The summed E-state index contributed by atoms with van der Waals surface area (Å²) in [5.74, 6) is 0.764. The number of nitrogens with one attached hydrogen (secondary N) is 2. The van der Waals surface area contributed by atoms with Crippen LogP contribution in [0, 0.1) is 12.8 Å². The van der Waals surface area contributed by atoms with Gasteiger partial charge >= 0.3 is 0 Å². The van der Waals surface area contributed by atoms with E-state index in [0.717, 1.165) is 17.5 Å². The predicted octanol–water partition coefficient (Wildman–Crippen LogP) is 3.86. The lowest BCUT2D eigenvalue weighted by atomic mass is 10.0. The summed E-state index contributed by atoms with van der Waals surface area (Å²) < 4.78 is 11.1. The molecule has 1 unspecified atom stereocenters. The zero-order valence-corrected chi connectivity index (χ0v) is 18.5. The monoisotopic (exact) mass is 412 g/mol. The molecule has 6 heteroatoms. The fourth-order valence-electron chi connectivity index (χ4n) is 2.92. The highest BCUT2D eigenvalue weighted by molar-refractivity contribution is 5.97. The number of methoxy groups -OCH3 is 1. The second-order valence-corrected chi connectivity index (χ2v) is 7.61. The van der Waals surface area contributed by atoms with Crippen LogP contribution in [0.1, 0.15) is 48.7 Å². The molecule has 6 nitrogen and oxygen atoms in total. The number of carbonyl (C=O) groups is 2. The van der Waals surface area contributed by atoms with Gasteiger partial charge in [0.15, 0.2) is 11.5 Å². The molecule has 0 aliphatic rings. The van der Waals surface area contributed by atoms with Gasteiger partial charge < -0.3 is 20.1 Å². The van der Waals surface area contributed by atoms with Crippen molar-refractivity contribution in [2.45, 2.75) is 46.7 Å². The Bertz CT molecular complexity index is 847. The molecule has 0 fully saturated rings. The van der Waals surface area contributed by atoms with Gasteiger partial charge in [0.05, 0.1) is 13.7 Å². The first-order valence-corrected chi connectivity index (χ1v) is 10.3. The summed E-state index contributed by atoms with van der Waals surface area (Å²) in [6.45, 7) is 8.75. The van der Waals surface area contributed by atoms with Gasteiger partial charge in [0.25, 0.3) is 5.91 Å². The first kappa shape index (κ1) is 23.3. The predicted molar refractivity (Wildman–Crippen MR) is 118 cm³/mol. The van der Waals surface area contributed by atoms with Crippen LogP contribution < -0.4 is 20.1 Å². The highest BCUT2D eigenvalue weighted by Crippen LogP contribution is 2.28. The Morgan fingerprint density at radius 2 is 1.73 bits per heavy atom. The molecule has 0 aliphatic heterocycles. The van der Waals surface area contributed by atoms with Crippen molar-refractivity contribution >= 4 is 11.8 Å². The molecule has 30 heavy (non-hydrogen) atoms. The van der Waals surface area contributed by atoms with Gasteiger partial charge in [-0.2, -0.15) is 0 Å². The van der Waals surface area contributed by atoms with Crippen LogP contribution in [-0.2, 0) is 11.3 Å². The zero-order valence-electron chi connectivity index (χ0n) is 18.5. The quantitative estimate of drug-likeness (QED) is 0.621. The van der Waals surface area contributed by atoms with Gasteiger partial charge in [-0.3, -0.25) is 9.59 Å². The molecule has 0 radical (unpaired) electrons. The first-order valence-electron chi connectivity index (χ1n) is 10.3. The van der Waals surface area contributed by atoms with Gasteiger partial charge in [-0.25, -0.2) is 0 Å². The smallest absolute Gasteiger partial charge is 0.251 e. The summed E-state index contributed by atoms with van der Waals surface area (Å²) in [5, 5.41) is 5.76. The first-order chi connectivity index (χ1) is 14.3. The van der Waals surface area contributed by atoms with E-state index in [4.69, 9.17) is 9.47 Å². The Morgan fingerprint density at radius 1 is 1.03 bits per heavy atom. The van der Waals surface area contributed by atoms with Gasteiger partial charge in [-0.1, -0.05) is 44.5 Å².